The average molecular weight is 266 g/mol. The van der Waals surface area contributed by atoms with Gasteiger partial charge in [-0.3, -0.25) is 0 Å². The van der Waals surface area contributed by atoms with Crippen LogP contribution in [0.25, 0.3) is 0 Å². The summed E-state index contributed by atoms with van der Waals surface area (Å²) in [5.41, 5.74) is 0. The standard InChI is InChI=1S/C13H22N4S/c1-4-8-14-11-9-12(16-13(15-11)18-3)17(5-2)10-6-7-10/h9-10H,4-8H2,1-3H3,(H,14,15,16). The molecule has 100 valence electrons. The third kappa shape index (κ3) is 3.28. The average Bonchev–Trinajstić information content (AvgIpc) is 3.21. The molecule has 1 saturated carbocycles. The van der Waals surface area contributed by atoms with E-state index in [0.717, 1.165) is 36.3 Å². The molecule has 1 heterocycles. The summed E-state index contributed by atoms with van der Waals surface area (Å²) in [6, 6.07) is 2.77. The highest BCUT2D eigenvalue weighted by molar-refractivity contribution is 7.98. The molecular weight excluding hydrogens is 244 g/mol. The summed E-state index contributed by atoms with van der Waals surface area (Å²) < 4.78 is 0. The molecule has 4 nitrogen and oxygen atoms in total. The van der Waals surface area contributed by atoms with E-state index in [0.29, 0.717) is 6.04 Å². The first-order valence-electron chi connectivity index (χ1n) is 6.72. The fourth-order valence-corrected chi connectivity index (χ4v) is 2.36. The van der Waals surface area contributed by atoms with Gasteiger partial charge in [-0.1, -0.05) is 18.7 Å². The Labute approximate surface area is 114 Å². The van der Waals surface area contributed by atoms with Gasteiger partial charge in [0, 0.05) is 25.2 Å². The molecule has 0 aliphatic heterocycles. The molecule has 18 heavy (non-hydrogen) atoms. The molecule has 0 saturated heterocycles. The molecular formula is C13H22N4S. The van der Waals surface area contributed by atoms with Gasteiger partial charge in [-0.15, -0.1) is 0 Å². The summed E-state index contributed by atoms with van der Waals surface area (Å²) >= 11 is 1.60. The van der Waals surface area contributed by atoms with Gasteiger partial charge in [0.05, 0.1) is 0 Å². The van der Waals surface area contributed by atoms with Crippen LogP contribution >= 0.6 is 11.8 Å². The quantitative estimate of drug-likeness (QED) is 0.607. The van der Waals surface area contributed by atoms with Crippen LogP contribution in [0.15, 0.2) is 11.2 Å². The molecule has 1 aliphatic rings. The van der Waals surface area contributed by atoms with Gasteiger partial charge in [0.15, 0.2) is 5.16 Å². The van der Waals surface area contributed by atoms with E-state index >= 15 is 0 Å². The number of nitrogens with zero attached hydrogens (tertiary/aromatic N) is 3. The number of rotatable bonds is 7. The lowest BCUT2D eigenvalue weighted by molar-refractivity contribution is 0.787. The van der Waals surface area contributed by atoms with Crippen molar-refractivity contribution in [3.63, 3.8) is 0 Å². The minimum atomic E-state index is 0.693. The van der Waals surface area contributed by atoms with Crippen molar-refractivity contribution in [2.24, 2.45) is 0 Å². The predicted molar refractivity (Wildman–Crippen MR) is 78.6 cm³/mol. The van der Waals surface area contributed by atoms with Crippen LogP contribution in [-0.2, 0) is 0 Å². The van der Waals surface area contributed by atoms with E-state index in [1.54, 1.807) is 11.8 Å². The number of hydrogen-bond donors (Lipinski definition) is 1. The SMILES string of the molecule is CCCNc1cc(N(CC)C2CC2)nc(SC)n1. The first kappa shape index (κ1) is 13.5. The topological polar surface area (TPSA) is 41.0 Å². The van der Waals surface area contributed by atoms with Gasteiger partial charge < -0.3 is 10.2 Å². The van der Waals surface area contributed by atoms with E-state index in [1.807, 2.05) is 6.26 Å². The lowest BCUT2D eigenvalue weighted by atomic mass is 10.4. The Hall–Kier alpha value is -0.970. The van der Waals surface area contributed by atoms with Crippen molar-refractivity contribution in [3.05, 3.63) is 6.07 Å². The Morgan fingerprint density at radius 1 is 1.39 bits per heavy atom. The van der Waals surface area contributed by atoms with Gasteiger partial charge in [-0.25, -0.2) is 9.97 Å². The molecule has 0 spiro atoms. The van der Waals surface area contributed by atoms with Crippen molar-refractivity contribution < 1.29 is 0 Å². The third-order valence-electron chi connectivity index (χ3n) is 3.05. The molecule has 1 aromatic rings. The molecule has 5 heteroatoms. The maximum atomic E-state index is 4.63. The molecule has 1 aliphatic carbocycles. The van der Waals surface area contributed by atoms with E-state index in [-0.39, 0.29) is 0 Å². The monoisotopic (exact) mass is 266 g/mol. The Kier molecular flexibility index (Phi) is 4.69. The maximum absolute atomic E-state index is 4.63. The Bertz CT molecular complexity index is 393. The fourth-order valence-electron chi connectivity index (χ4n) is 1.99. The number of anilines is 2. The van der Waals surface area contributed by atoms with Crippen LogP contribution in [-0.4, -0.2) is 35.4 Å². The molecule has 1 fully saturated rings. The molecule has 0 atom stereocenters. The minimum Gasteiger partial charge on any atom is -0.370 e. The summed E-state index contributed by atoms with van der Waals surface area (Å²) in [4.78, 5) is 11.5. The molecule has 0 bridgehead atoms. The lowest BCUT2D eigenvalue weighted by Crippen LogP contribution is -2.26. The van der Waals surface area contributed by atoms with Gasteiger partial charge in [-0.05, 0) is 32.4 Å². The van der Waals surface area contributed by atoms with Crippen molar-refractivity contribution in [3.8, 4) is 0 Å². The number of aromatic nitrogens is 2. The highest BCUT2D eigenvalue weighted by Gasteiger charge is 2.29. The van der Waals surface area contributed by atoms with E-state index in [1.165, 1.54) is 12.8 Å². The first-order valence-corrected chi connectivity index (χ1v) is 7.94. The Morgan fingerprint density at radius 3 is 2.72 bits per heavy atom. The molecule has 0 unspecified atom stereocenters. The Morgan fingerprint density at radius 2 is 2.17 bits per heavy atom. The van der Waals surface area contributed by atoms with E-state index in [4.69, 9.17) is 0 Å². The molecule has 1 aromatic heterocycles. The van der Waals surface area contributed by atoms with Crippen LogP contribution in [0.3, 0.4) is 0 Å². The van der Waals surface area contributed by atoms with Crippen molar-refractivity contribution in [2.75, 3.05) is 29.6 Å². The summed E-state index contributed by atoms with van der Waals surface area (Å²) in [5, 5.41) is 4.21. The molecule has 0 aromatic carbocycles. The Balaban J connectivity index is 2.21. The van der Waals surface area contributed by atoms with Gasteiger partial charge >= 0.3 is 0 Å². The molecule has 0 amide bonds. The second-order valence-corrected chi connectivity index (χ2v) is 5.32. The van der Waals surface area contributed by atoms with Crippen LogP contribution in [0, 0.1) is 0 Å². The van der Waals surface area contributed by atoms with E-state index in [9.17, 15) is 0 Å². The minimum absolute atomic E-state index is 0.693. The largest absolute Gasteiger partial charge is 0.370 e. The van der Waals surface area contributed by atoms with E-state index < -0.39 is 0 Å². The zero-order chi connectivity index (χ0) is 13.0. The number of nitrogens with one attached hydrogen (secondary N) is 1. The lowest BCUT2D eigenvalue weighted by Gasteiger charge is -2.22. The van der Waals surface area contributed by atoms with Crippen molar-refractivity contribution >= 4 is 23.4 Å². The maximum Gasteiger partial charge on any atom is 0.191 e. The zero-order valence-electron chi connectivity index (χ0n) is 11.4. The van der Waals surface area contributed by atoms with Crippen LogP contribution in [0.1, 0.15) is 33.1 Å². The fraction of sp³-hybridized carbons (Fsp3) is 0.692. The smallest absolute Gasteiger partial charge is 0.191 e. The number of thioether (sulfide) groups is 1. The summed E-state index contributed by atoms with van der Waals surface area (Å²) in [5.74, 6) is 2.02. The molecule has 1 N–H and O–H groups in total. The molecule has 0 radical (unpaired) electrons. The highest BCUT2D eigenvalue weighted by atomic mass is 32.2. The van der Waals surface area contributed by atoms with Gasteiger partial charge in [0.25, 0.3) is 0 Å². The van der Waals surface area contributed by atoms with Crippen molar-refractivity contribution in [1.82, 2.24) is 9.97 Å². The van der Waals surface area contributed by atoms with Crippen LogP contribution in [0.5, 0.6) is 0 Å². The van der Waals surface area contributed by atoms with Crippen LogP contribution < -0.4 is 10.2 Å². The first-order chi connectivity index (χ1) is 8.78. The summed E-state index contributed by atoms with van der Waals surface area (Å²) in [6.45, 7) is 6.33. The molecule has 2 rings (SSSR count). The second kappa shape index (κ2) is 6.27. The van der Waals surface area contributed by atoms with Crippen molar-refractivity contribution in [1.29, 1.82) is 0 Å². The van der Waals surface area contributed by atoms with Gasteiger partial charge in [0.1, 0.15) is 11.6 Å². The third-order valence-corrected chi connectivity index (χ3v) is 3.60. The highest BCUT2D eigenvalue weighted by Crippen LogP contribution is 2.31. The normalized spacial score (nSPS) is 14.6. The van der Waals surface area contributed by atoms with Gasteiger partial charge in [-0.2, -0.15) is 0 Å². The van der Waals surface area contributed by atoms with Crippen molar-refractivity contribution in [2.45, 2.75) is 44.3 Å². The van der Waals surface area contributed by atoms with Crippen LogP contribution in [0.2, 0.25) is 0 Å². The second-order valence-electron chi connectivity index (χ2n) is 4.54. The van der Waals surface area contributed by atoms with Gasteiger partial charge in [0.2, 0.25) is 0 Å². The van der Waals surface area contributed by atoms with E-state index in [2.05, 4.69) is 40.1 Å². The zero-order valence-corrected chi connectivity index (χ0v) is 12.3. The van der Waals surface area contributed by atoms with Crippen LogP contribution in [0.4, 0.5) is 11.6 Å². The summed E-state index contributed by atoms with van der Waals surface area (Å²) in [6.07, 6.45) is 5.72. The number of hydrogen-bond acceptors (Lipinski definition) is 5. The summed E-state index contributed by atoms with van der Waals surface area (Å²) in [7, 11) is 0. The predicted octanol–water partition coefficient (Wildman–Crippen LogP) is 3.01.